The van der Waals surface area contributed by atoms with E-state index in [2.05, 4.69) is 6.92 Å². The van der Waals surface area contributed by atoms with Gasteiger partial charge in [0.05, 0.1) is 0 Å². The topological polar surface area (TPSA) is 37.3 Å². The molecule has 0 aromatic rings. The van der Waals surface area contributed by atoms with Gasteiger partial charge in [0.2, 0.25) is 0 Å². The summed E-state index contributed by atoms with van der Waals surface area (Å²) in [5.74, 6) is 3.30. The van der Waals surface area contributed by atoms with Gasteiger partial charge in [-0.2, -0.15) is 0 Å². The molecule has 0 aliphatic heterocycles. The van der Waals surface area contributed by atoms with E-state index in [1.165, 1.54) is 6.42 Å². The molecular weight excluding hydrogens is 322 g/mol. The molecular formula is C21H32F2O2. The first-order valence-electron chi connectivity index (χ1n) is 10.3. The average Bonchev–Trinajstić information content (AvgIpc) is 2.91. The zero-order valence-electron chi connectivity index (χ0n) is 15.5. The van der Waals surface area contributed by atoms with E-state index in [1.807, 2.05) is 0 Å². The number of ketones is 1. The van der Waals surface area contributed by atoms with Gasteiger partial charge >= 0.3 is 0 Å². The first-order chi connectivity index (χ1) is 11.8. The number of carbonyl (C=O) groups is 1. The predicted molar refractivity (Wildman–Crippen MR) is 92.2 cm³/mol. The molecule has 4 heteroatoms. The van der Waals surface area contributed by atoms with Crippen LogP contribution in [0.4, 0.5) is 8.78 Å². The SMILES string of the molecule is CC(=O)C1CCC2C3CCC4CC(O)(C(F)F)CCC4C3CCC12C. The van der Waals surface area contributed by atoms with Gasteiger partial charge in [0.1, 0.15) is 11.4 Å². The Bertz CT molecular complexity index is 550. The van der Waals surface area contributed by atoms with Crippen molar-refractivity contribution in [3.63, 3.8) is 0 Å². The number of halogens is 2. The summed E-state index contributed by atoms with van der Waals surface area (Å²) in [6.07, 6.45) is 5.25. The molecule has 8 atom stereocenters. The van der Waals surface area contributed by atoms with Crippen LogP contribution in [0.2, 0.25) is 0 Å². The third-order valence-electron chi connectivity index (χ3n) is 8.94. The van der Waals surface area contributed by atoms with Gasteiger partial charge in [-0.05, 0) is 99.7 Å². The highest BCUT2D eigenvalue weighted by Gasteiger charge is 2.59. The summed E-state index contributed by atoms with van der Waals surface area (Å²) in [4.78, 5) is 12.1. The van der Waals surface area contributed by atoms with Crippen LogP contribution in [-0.4, -0.2) is 22.9 Å². The zero-order chi connectivity index (χ0) is 18.0. The van der Waals surface area contributed by atoms with Crippen LogP contribution in [0.1, 0.15) is 71.6 Å². The van der Waals surface area contributed by atoms with E-state index in [1.54, 1.807) is 6.92 Å². The quantitative estimate of drug-likeness (QED) is 0.770. The highest BCUT2D eigenvalue weighted by Crippen LogP contribution is 2.64. The highest BCUT2D eigenvalue weighted by molar-refractivity contribution is 5.79. The monoisotopic (exact) mass is 354 g/mol. The molecule has 0 heterocycles. The van der Waals surface area contributed by atoms with Gasteiger partial charge in [-0.1, -0.05) is 6.92 Å². The molecule has 0 amide bonds. The van der Waals surface area contributed by atoms with Gasteiger partial charge in [-0.25, -0.2) is 8.78 Å². The number of aliphatic hydroxyl groups is 1. The third kappa shape index (κ3) is 2.61. The van der Waals surface area contributed by atoms with Crippen LogP contribution in [0.25, 0.3) is 0 Å². The van der Waals surface area contributed by atoms with Gasteiger partial charge in [0.25, 0.3) is 6.43 Å². The van der Waals surface area contributed by atoms with E-state index >= 15 is 0 Å². The lowest BCUT2D eigenvalue weighted by atomic mass is 9.49. The summed E-state index contributed by atoms with van der Waals surface area (Å²) in [5.41, 5.74) is -1.58. The van der Waals surface area contributed by atoms with Gasteiger partial charge in [-0.15, -0.1) is 0 Å². The smallest absolute Gasteiger partial charge is 0.266 e. The molecule has 4 rings (SSSR count). The van der Waals surface area contributed by atoms with Crippen molar-refractivity contribution < 1.29 is 18.7 Å². The summed E-state index contributed by atoms with van der Waals surface area (Å²) < 4.78 is 26.5. The summed E-state index contributed by atoms with van der Waals surface area (Å²) in [6.45, 7) is 4.10. The van der Waals surface area contributed by atoms with Crippen LogP contribution in [0.5, 0.6) is 0 Å². The number of alkyl halides is 2. The minimum absolute atomic E-state index is 0.165. The van der Waals surface area contributed by atoms with Gasteiger partial charge in [-0.3, -0.25) is 4.79 Å². The number of hydrogen-bond donors (Lipinski definition) is 1. The van der Waals surface area contributed by atoms with Crippen LogP contribution >= 0.6 is 0 Å². The molecule has 4 saturated carbocycles. The van der Waals surface area contributed by atoms with Crippen molar-refractivity contribution in [3.8, 4) is 0 Å². The van der Waals surface area contributed by atoms with Crippen LogP contribution in [0, 0.1) is 40.9 Å². The second-order valence-electron chi connectivity index (χ2n) is 9.87. The maximum atomic E-state index is 13.3. The fourth-order valence-electron chi connectivity index (χ4n) is 7.78. The van der Waals surface area contributed by atoms with Crippen molar-refractivity contribution in [3.05, 3.63) is 0 Å². The number of fused-ring (bicyclic) bond motifs is 5. The fourth-order valence-corrected chi connectivity index (χ4v) is 7.78. The number of rotatable bonds is 2. The number of hydrogen-bond acceptors (Lipinski definition) is 2. The van der Waals surface area contributed by atoms with E-state index in [-0.39, 0.29) is 30.1 Å². The molecule has 0 spiro atoms. The first-order valence-corrected chi connectivity index (χ1v) is 10.3. The van der Waals surface area contributed by atoms with Crippen molar-refractivity contribution in [2.24, 2.45) is 40.9 Å². The lowest BCUT2D eigenvalue weighted by Crippen LogP contribution is -2.52. The first kappa shape index (κ1) is 17.9. The van der Waals surface area contributed by atoms with Crippen LogP contribution in [0.3, 0.4) is 0 Å². The molecule has 4 aliphatic rings. The molecule has 8 unspecified atom stereocenters. The van der Waals surface area contributed by atoms with Crippen molar-refractivity contribution in [2.75, 3.05) is 0 Å². The highest BCUT2D eigenvalue weighted by atomic mass is 19.3. The lowest BCUT2D eigenvalue weighted by Gasteiger charge is -2.57. The summed E-state index contributed by atoms with van der Waals surface area (Å²) in [6, 6.07) is 0. The number of Topliss-reactive ketones (excluding diaryl/α,β-unsaturated/α-hetero) is 1. The van der Waals surface area contributed by atoms with Crippen LogP contribution < -0.4 is 0 Å². The van der Waals surface area contributed by atoms with Gasteiger partial charge in [0.15, 0.2) is 0 Å². The molecule has 25 heavy (non-hydrogen) atoms. The summed E-state index contributed by atoms with van der Waals surface area (Å²) in [5, 5.41) is 10.3. The standard InChI is InChI=1S/C21H32F2O2/c1-12(24)17-5-6-18-16-4-3-13-11-21(25,19(22)23)10-8-14(13)15(16)7-9-20(17,18)2/h13-19,25H,3-11H2,1-2H3. The Labute approximate surface area is 149 Å². The Morgan fingerprint density at radius 3 is 2.40 bits per heavy atom. The fraction of sp³-hybridized carbons (Fsp3) is 0.952. The van der Waals surface area contributed by atoms with E-state index < -0.39 is 12.0 Å². The lowest BCUT2D eigenvalue weighted by molar-refractivity contribution is -0.160. The molecule has 0 saturated heterocycles. The van der Waals surface area contributed by atoms with E-state index in [0.717, 1.165) is 38.5 Å². The Hall–Kier alpha value is -0.510. The molecule has 0 aromatic heterocycles. The summed E-state index contributed by atoms with van der Waals surface area (Å²) in [7, 11) is 0. The molecule has 1 N–H and O–H groups in total. The molecule has 0 aromatic carbocycles. The van der Waals surface area contributed by atoms with Crippen LogP contribution in [-0.2, 0) is 4.79 Å². The van der Waals surface area contributed by atoms with E-state index in [9.17, 15) is 18.7 Å². The third-order valence-corrected chi connectivity index (χ3v) is 8.94. The average molecular weight is 354 g/mol. The van der Waals surface area contributed by atoms with Gasteiger partial charge in [0, 0.05) is 5.92 Å². The zero-order valence-corrected chi connectivity index (χ0v) is 15.5. The minimum atomic E-state index is -2.62. The normalized spacial score (nSPS) is 52.4. The molecule has 2 nitrogen and oxygen atoms in total. The second kappa shape index (κ2) is 6.00. The number of carbonyl (C=O) groups excluding carboxylic acids is 1. The maximum absolute atomic E-state index is 13.3. The van der Waals surface area contributed by atoms with E-state index in [0.29, 0.717) is 29.5 Å². The molecule has 4 aliphatic carbocycles. The van der Waals surface area contributed by atoms with Crippen molar-refractivity contribution >= 4 is 5.78 Å². The molecule has 4 fully saturated rings. The second-order valence-corrected chi connectivity index (χ2v) is 9.87. The minimum Gasteiger partial charge on any atom is -0.384 e. The maximum Gasteiger partial charge on any atom is 0.266 e. The van der Waals surface area contributed by atoms with Crippen LogP contribution in [0.15, 0.2) is 0 Å². The van der Waals surface area contributed by atoms with Gasteiger partial charge < -0.3 is 5.11 Å². The van der Waals surface area contributed by atoms with Crippen molar-refractivity contribution in [1.29, 1.82) is 0 Å². The Morgan fingerprint density at radius 2 is 1.72 bits per heavy atom. The molecule has 0 radical (unpaired) electrons. The largest absolute Gasteiger partial charge is 0.384 e. The Morgan fingerprint density at radius 1 is 1.00 bits per heavy atom. The Kier molecular flexibility index (Phi) is 4.29. The van der Waals surface area contributed by atoms with E-state index in [4.69, 9.17) is 0 Å². The molecule has 0 bridgehead atoms. The Balaban J connectivity index is 1.53. The van der Waals surface area contributed by atoms with Crippen molar-refractivity contribution in [2.45, 2.75) is 83.7 Å². The molecule has 142 valence electrons. The summed E-state index contributed by atoms with van der Waals surface area (Å²) >= 11 is 0. The van der Waals surface area contributed by atoms with Crippen molar-refractivity contribution in [1.82, 2.24) is 0 Å². The predicted octanol–water partition coefficient (Wildman–Crippen LogP) is 4.84.